The highest BCUT2D eigenvalue weighted by molar-refractivity contribution is 5.81. The van der Waals surface area contributed by atoms with Gasteiger partial charge in [0.05, 0.1) is 0 Å². The van der Waals surface area contributed by atoms with Gasteiger partial charge in [-0.1, -0.05) is 115 Å². The van der Waals surface area contributed by atoms with E-state index in [-0.39, 0.29) is 11.5 Å². The van der Waals surface area contributed by atoms with E-state index in [4.69, 9.17) is 5.73 Å². The normalized spacial score (nSPS) is 15.2. The van der Waals surface area contributed by atoms with E-state index in [2.05, 4.69) is 63.2 Å². The highest BCUT2D eigenvalue weighted by atomic mass is 14.6. The van der Waals surface area contributed by atoms with Gasteiger partial charge in [-0.05, 0) is 47.1 Å². The van der Waals surface area contributed by atoms with E-state index in [1.807, 2.05) is 0 Å². The molecule has 0 aliphatic heterocycles. The molecular weight excluding hydrogens is 350 g/mol. The zero-order valence-electron chi connectivity index (χ0n) is 19.0. The number of hydrogen-bond donors (Lipinski definition) is 1. The van der Waals surface area contributed by atoms with Crippen molar-refractivity contribution in [2.45, 2.75) is 103 Å². The van der Waals surface area contributed by atoms with Crippen LogP contribution in [0.4, 0.5) is 0 Å². The average molecular weight is 392 g/mol. The fourth-order valence-electron chi connectivity index (χ4n) is 5.31. The highest BCUT2D eigenvalue weighted by Gasteiger charge is 2.42. The molecule has 0 fully saturated rings. The Morgan fingerprint density at radius 2 is 1.34 bits per heavy atom. The number of nitrogens with two attached hydrogens (primary N) is 1. The molecule has 1 nitrogen and oxygen atoms in total. The van der Waals surface area contributed by atoms with Gasteiger partial charge in [-0.25, -0.2) is 0 Å². The SMILES string of the molecule is CCCCCCC1(CCCCCC)c2ccccc2-c2ccc(C(N)CC)cc21. The molecule has 1 heteroatoms. The number of unbranched alkanes of at least 4 members (excludes halogenated alkanes) is 6. The molecule has 1 aliphatic rings. The molecule has 0 bridgehead atoms. The summed E-state index contributed by atoms with van der Waals surface area (Å²) in [6, 6.07) is 16.5. The molecule has 1 aliphatic carbocycles. The van der Waals surface area contributed by atoms with E-state index in [0.717, 1.165) is 6.42 Å². The smallest absolute Gasteiger partial charge is 0.0292 e. The molecule has 0 amide bonds. The van der Waals surface area contributed by atoms with Crippen molar-refractivity contribution in [2.24, 2.45) is 5.73 Å². The third-order valence-electron chi connectivity index (χ3n) is 7.07. The Morgan fingerprint density at radius 3 is 1.97 bits per heavy atom. The van der Waals surface area contributed by atoms with Crippen molar-refractivity contribution in [3.63, 3.8) is 0 Å². The van der Waals surface area contributed by atoms with Gasteiger partial charge in [-0.2, -0.15) is 0 Å². The van der Waals surface area contributed by atoms with Crippen LogP contribution in [0.3, 0.4) is 0 Å². The van der Waals surface area contributed by atoms with Gasteiger partial charge in [-0.15, -0.1) is 0 Å². The van der Waals surface area contributed by atoms with Crippen molar-refractivity contribution in [2.75, 3.05) is 0 Å². The third-order valence-corrected chi connectivity index (χ3v) is 7.07. The number of fused-ring (bicyclic) bond motifs is 3. The summed E-state index contributed by atoms with van der Waals surface area (Å²) in [5.41, 5.74) is 14.0. The lowest BCUT2D eigenvalue weighted by Crippen LogP contribution is -2.26. The molecule has 0 saturated carbocycles. The number of rotatable bonds is 12. The molecule has 3 rings (SSSR count). The van der Waals surface area contributed by atoms with Crippen LogP contribution in [0.25, 0.3) is 11.1 Å². The number of hydrogen-bond acceptors (Lipinski definition) is 1. The average Bonchev–Trinajstić information content (AvgIpc) is 3.03. The van der Waals surface area contributed by atoms with Crippen molar-refractivity contribution in [3.8, 4) is 11.1 Å². The Bertz CT molecular complexity index is 764. The van der Waals surface area contributed by atoms with Crippen LogP contribution in [0.2, 0.25) is 0 Å². The largest absolute Gasteiger partial charge is 0.324 e. The van der Waals surface area contributed by atoms with Crippen LogP contribution in [-0.2, 0) is 5.41 Å². The zero-order chi connectivity index (χ0) is 20.7. The lowest BCUT2D eigenvalue weighted by Gasteiger charge is -2.33. The lowest BCUT2D eigenvalue weighted by molar-refractivity contribution is 0.400. The fourth-order valence-corrected chi connectivity index (χ4v) is 5.31. The molecule has 1 atom stereocenters. The predicted octanol–water partition coefficient (Wildman–Crippen LogP) is 8.30. The fraction of sp³-hybridized carbons (Fsp3) is 0.571. The van der Waals surface area contributed by atoms with E-state index in [0.29, 0.717) is 0 Å². The van der Waals surface area contributed by atoms with E-state index in [1.54, 1.807) is 11.1 Å². The van der Waals surface area contributed by atoms with Crippen LogP contribution in [0.5, 0.6) is 0 Å². The Kier molecular flexibility index (Phi) is 7.95. The third kappa shape index (κ3) is 4.61. The summed E-state index contributed by atoms with van der Waals surface area (Å²) in [4.78, 5) is 0. The first-order chi connectivity index (χ1) is 14.2. The Hall–Kier alpha value is -1.60. The second kappa shape index (κ2) is 10.4. The Labute approximate surface area is 179 Å². The summed E-state index contributed by atoms with van der Waals surface area (Å²) in [7, 11) is 0. The molecular formula is C28H41N. The van der Waals surface area contributed by atoms with Gasteiger partial charge in [0.25, 0.3) is 0 Å². The van der Waals surface area contributed by atoms with Crippen LogP contribution >= 0.6 is 0 Å². The van der Waals surface area contributed by atoms with E-state index >= 15 is 0 Å². The topological polar surface area (TPSA) is 26.0 Å². The standard InChI is InChI=1S/C28H41N/c1-4-7-9-13-19-28(20-14-10-8-5-2)25-16-12-11-15-23(25)24-18-17-22(21-26(24)28)27(29)6-3/h11-12,15-18,21,27H,4-10,13-14,19-20,29H2,1-3H3. The van der Waals surface area contributed by atoms with Crippen molar-refractivity contribution in [1.29, 1.82) is 0 Å². The molecule has 2 aromatic carbocycles. The van der Waals surface area contributed by atoms with Crippen LogP contribution in [0, 0.1) is 0 Å². The Balaban J connectivity index is 2.03. The maximum atomic E-state index is 6.46. The molecule has 0 saturated heterocycles. The van der Waals surface area contributed by atoms with Crippen molar-refractivity contribution < 1.29 is 0 Å². The summed E-state index contributed by atoms with van der Waals surface area (Å²) in [5, 5.41) is 0. The molecule has 2 aromatic rings. The van der Waals surface area contributed by atoms with Gasteiger partial charge < -0.3 is 5.73 Å². The monoisotopic (exact) mass is 391 g/mol. The summed E-state index contributed by atoms with van der Waals surface area (Å²) in [6.07, 6.45) is 14.2. The minimum absolute atomic E-state index is 0.141. The molecule has 1 unspecified atom stereocenters. The molecule has 158 valence electrons. The first kappa shape index (κ1) is 22.1. The first-order valence-corrected chi connectivity index (χ1v) is 12.2. The lowest BCUT2D eigenvalue weighted by atomic mass is 9.70. The van der Waals surface area contributed by atoms with Crippen molar-refractivity contribution in [3.05, 3.63) is 59.2 Å². The summed E-state index contributed by atoms with van der Waals surface area (Å²) in [6.45, 7) is 6.80. The van der Waals surface area contributed by atoms with E-state index in [9.17, 15) is 0 Å². The van der Waals surface area contributed by atoms with E-state index in [1.165, 1.54) is 80.9 Å². The second-order valence-electron chi connectivity index (χ2n) is 9.07. The van der Waals surface area contributed by atoms with Gasteiger partial charge in [0.15, 0.2) is 0 Å². The van der Waals surface area contributed by atoms with Gasteiger partial charge in [0.2, 0.25) is 0 Å². The summed E-state index contributed by atoms with van der Waals surface area (Å²) < 4.78 is 0. The maximum Gasteiger partial charge on any atom is 0.0292 e. The van der Waals surface area contributed by atoms with Crippen LogP contribution < -0.4 is 5.73 Å². The summed E-state index contributed by atoms with van der Waals surface area (Å²) >= 11 is 0. The van der Waals surface area contributed by atoms with E-state index < -0.39 is 0 Å². The van der Waals surface area contributed by atoms with Crippen LogP contribution in [0.1, 0.15) is 114 Å². The quantitative estimate of drug-likeness (QED) is 0.362. The van der Waals surface area contributed by atoms with Gasteiger partial charge in [0.1, 0.15) is 0 Å². The molecule has 0 aromatic heterocycles. The molecule has 0 radical (unpaired) electrons. The summed E-state index contributed by atoms with van der Waals surface area (Å²) in [5.74, 6) is 0. The van der Waals surface area contributed by atoms with Gasteiger partial charge in [0, 0.05) is 11.5 Å². The van der Waals surface area contributed by atoms with Crippen LogP contribution in [-0.4, -0.2) is 0 Å². The molecule has 0 spiro atoms. The minimum Gasteiger partial charge on any atom is -0.324 e. The molecule has 0 heterocycles. The molecule has 29 heavy (non-hydrogen) atoms. The molecule has 2 N–H and O–H groups in total. The zero-order valence-corrected chi connectivity index (χ0v) is 19.0. The minimum atomic E-state index is 0.141. The first-order valence-electron chi connectivity index (χ1n) is 12.2. The van der Waals surface area contributed by atoms with Crippen molar-refractivity contribution in [1.82, 2.24) is 0 Å². The highest BCUT2D eigenvalue weighted by Crippen LogP contribution is 2.54. The second-order valence-corrected chi connectivity index (χ2v) is 9.07. The predicted molar refractivity (Wildman–Crippen MR) is 127 cm³/mol. The van der Waals surface area contributed by atoms with Crippen LogP contribution in [0.15, 0.2) is 42.5 Å². The number of benzene rings is 2. The Morgan fingerprint density at radius 1 is 0.724 bits per heavy atom. The van der Waals surface area contributed by atoms with Gasteiger partial charge >= 0.3 is 0 Å². The maximum absolute atomic E-state index is 6.46. The van der Waals surface area contributed by atoms with Gasteiger partial charge in [-0.3, -0.25) is 0 Å². The van der Waals surface area contributed by atoms with Crippen molar-refractivity contribution >= 4 is 0 Å².